The first-order chi connectivity index (χ1) is 17.0. The summed E-state index contributed by atoms with van der Waals surface area (Å²) < 4.78 is 27.7. The van der Waals surface area contributed by atoms with E-state index in [0.29, 0.717) is 48.2 Å². The fraction of sp³-hybridized carbons (Fsp3) is 0.385. The van der Waals surface area contributed by atoms with Crippen LogP contribution in [0.15, 0.2) is 48.6 Å². The van der Waals surface area contributed by atoms with Crippen LogP contribution >= 0.6 is 0 Å². The van der Waals surface area contributed by atoms with Gasteiger partial charge in [-0.3, -0.25) is 9.59 Å². The average Bonchev–Trinajstić information content (AvgIpc) is 3.64. The van der Waals surface area contributed by atoms with Gasteiger partial charge in [-0.1, -0.05) is 18.2 Å². The molecule has 0 aliphatic carbocycles. The minimum atomic E-state index is -0.788. The van der Waals surface area contributed by atoms with E-state index in [0.717, 1.165) is 5.56 Å². The van der Waals surface area contributed by atoms with Crippen molar-refractivity contribution in [2.45, 2.75) is 18.1 Å². The Labute approximate surface area is 202 Å². The number of nitrogens with one attached hydrogen (secondary N) is 1. The molecule has 1 spiro atoms. The van der Waals surface area contributed by atoms with Gasteiger partial charge >= 0.3 is 0 Å². The highest BCUT2D eigenvalue weighted by Gasteiger charge is 2.67. The Bertz CT molecular complexity index is 1230. The Hall–Kier alpha value is -3.72. The minimum absolute atomic E-state index is 0.115. The number of hydrogen-bond acceptors (Lipinski definition) is 7. The molecule has 0 saturated carbocycles. The Balaban J connectivity index is 1.15. The van der Waals surface area contributed by atoms with Crippen molar-refractivity contribution in [2.75, 3.05) is 39.0 Å². The Morgan fingerprint density at radius 3 is 2.77 bits per heavy atom. The Kier molecular flexibility index (Phi) is 5.10. The van der Waals surface area contributed by atoms with Crippen molar-refractivity contribution in [3.05, 3.63) is 54.1 Å². The van der Waals surface area contributed by atoms with E-state index in [4.69, 9.17) is 23.7 Å². The van der Waals surface area contributed by atoms with Crippen LogP contribution in [0.1, 0.15) is 5.56 Å². The van der Waals surface area contributed by atoms with Crippen LogP contribution < -0.4 is 29.2 Å². The van der Waals surface area contributed by atoms with Crippen LogP contribution in [0.5, 0.6) is 23.0 Å². The normalized spacial score (nSPS) is 27.3. The van der Waals surface area contributed by atoms with E-state index in [1.807, 2.05) is 36.4 Å². The van der Waals surface area contributed by atoms with Gasteiger partial charge in [-0.15, -0.1) is 0 Å². The predicted octanol–water partition coefficient (Wildman–Crippen LogP) is 2.08. The number of fused-ring (bicyclic) bond motifs is 2. The van der Waals surface area contributed by atoms with Crippen LogP contribution in [0, 0.1) is 11.8 Å². The number of ether oxygens (including phenoxy) is 5. The number of carbonyl (C=O) groups excluding carboxylic acids is 2. The third kappa shape index (κ3) is 3.41. The second-order valence-electron chi connectivity index (χ2n) is 9.09. The maximum Gasteiger partial charge on any atom is 0.234 e. The van der Waals surface area contributed by atoms with Gasteiger partial charge in [0.15, 0.2) is 23.0 Å². The standard InChI is InChI=1S/C26H26N2O7/c1-31-17-5-3-15(11-20(17)32-2)8-10-27-24(29)22-19-7-9-26(35-19)13-28(25(30)23(22)26)16-4-6-18-21(12-16)34-14-33-18/h3-7,9,11-12,19,22-23H,8,10,13-14H2,1-2H3,(H,27,29)/t19-,22+,23+,26-/m1/s1. The summed E-state index contributed by atoms with van der Waals surface area (Å²) in [7, 11) is 3.18. The van der Waals surface area contributed by atoms with Gasteiger partial charge in [-0.2, -0.15) is 0 Å². The highest BCUT2D eigenvalue weighted by atomic mass is 16.7. The molecule has 4 aliphatic heterocycles. The minimum Gasteiger partial charge on any atom is -0.493 e. The molecular formula is C26H26N2O7. The molecule has 182 valence electrons. The molecule has 9 heteroatoms. The van der Waals surface area contributed by atoms with E-state index in [2.05, 4.69) is 5.32 Å². The molecule has 2 aromatic rings. The summed E-state index contributed by atoms with van der Waals surface area (Å²) in [6, 6.07) is 11.1. The van der Waals surface area contributed by atoms with Crippen LogP contribution in [0.25, 0.3) is 0 Å². The molecular weight excluding hydrogens is 452 g/mol. The van der Waals surface area contributed by atoms with Gasteiger partial charge in [0.05, 0.1) is 38.7 Å². The highest BCUT2D eigenvalue weighted by molar-refractivity contribution is 6.03. The third-order valence-electron chi connectivity index (χ3n) is 7.23. The summed E-state index contributed by atoms with van der Waals surface area (Å²) in [5, 5.41) is 3.01. The lowest BCUT2D eigenvalue weighted by Crippen LogP contribution is -2.44. The third-order valence-corrected chi connectivity index (χ3v) is 7.23. The SMILES string of the molecule is COc1ccc(CCNC(=O)[C@@H]2[C@H]3C(=O)N(c4ccc5c(c4)OCO5)C[C@]34C=C[C@H]2O4)cc1OC. The van der Waals surface area contributed by atoms with E-state index in [-0.39, 0.29) is 18.6 Å². The first kappa shape index (κ1) is 21.8. The zero-order chi connectivity index (χ0) is 24.2. The van der Waals surface area contributed by atoms with Gasteiger partial charge in [0.2, 0.25) is 18.6 Å². The summed E-state index contributed by atoms with van der Waals surface area (Å²) in [4.78, 5) is 28.5. The molecule has 0 radical (unpaired) electrons. The fourth-order valence-corrected chi connectivity index (χ4v) is 5.55. The first-order valence-electron chi connectivity index (χ1n) is 11.6. The summed E-state index contributed by atoms with van der Waals surface area (Å²) in [6.07, 6.45) is 4.07. The van der Waals surface area contributed by atoms with Crippen LogP contribution in [-0.2, 0) is 20.7 Å². The van der Waals surface area contributed by atoms with Crippen molar-refractivity contribution in [1.82, 2.24) is 5.32 Å². The molecule has 2 amide bonds. The number of carbonyl (C=O) groups is 2. The lowest BCUT2D eigenvalue weighted by atomic mass is 9.77. The van der Waals surface area contributed by atoms with Gasteiger partial charge in [0.1, 0.15) is 5.60 Å². The second kappa shape index (κ2) is 8.20. The molecule has 4 heterocycles. The van der Waals surface area contributed by atoms with Gasteiger partial charge in [-0.05, 0) is 36.2 Å². The number of nitrogens with zero attached hydrogens (tertiary/aromatic N) is 1. The van der Waals surface area contributed by atoms with Gasteiger partial charge in [-0.25, -0.2) is 0 Å². The molecule has 35 heavy (non-hydrogen) atoms. The smallest absolute Gasteiger partial charge is 0.234 e. The summed E-state index contributed by atoms with van der Waals surface area (Å²) in [5.41, 5.74) is 0.925. The van der Waals surface area contributed by atoms with Crippen molar-refractivity contribution in [3.8, 4) is 23.0 Å². The van der Waals surface area contributed by atoms with E-state index >= 15 is 0 Å². The molecule has 4 aliphatic rings. The zero-order valence-corrected chi connectivity index (χ0v) is 19.5. The van der Waals surface area contributed by atoms with Crippen molar-refractivity contribution in [1.29, 1.82) is 0 Å². The Morgan fingerprint density at radius 1 is 1.11 bits per heavy atom. The predicted molar refractivity (Wildman–Crippen MR) is 125 cm³/mol. The number of anilines is 1. The summed E-state index contributed by atoms with van der Waals surface area (Å²) in [6.45, 7) is 0.956. The molecule has 0 aromatic heterocycles. The number of hydrogen-bond donors (Lipinski definition) is 1. The van der Waals surface area contributed by atoms with E-state index in [9.17, 15) is 9.59 Å². The maximum atomic E-state index is 13.5. The summed E-state index contributed by atoms with van der Waals surface area (Å²) >= 11 is 0. The number of methoxy groups -OCH3 is 2. The second-order valence-corrected chi connectivity index (χ2v) is 9.09. The molecule has 2 fully saturated rings. The lowest BCUT2D eigenvalue weighted by Gasteiger charge is -2.23. The molecule has 2 bridgehead atoms. The lowest BCUT2D eigenvalue weighted by molar-refractivity contribution is -0.131. The molecule has 0 unspecified atom stereocenters. The number of rotatable bonds is 7. The van der Waals surface area contributed by atoms with Crippen LogP contribution in [0.2, 0.25) is 0 Å². The van der Waals surface area contributed by atoms with Crippen molar-refractivity contribution >= 4 is 17.5 Å². The molecule has 2 saturated heterocycles. The molecule has 6 rings (SSSR count). The average molecular weight is 479 g/mol. The molecule has 4 atom stereocenters. The van der Waals surface area contributed by atoms with Crippen molar-refractivity contribution in [3.63, 3.8) is 0 Å². The monoisotopic (exact) mass is 478 g/mol. The Morgan fingerprint density at radius 2 is 1.94 bits per heavy atom. The topological polar surface area (TPSA) is 95.6 Å². The van der Waals surface area contributed by atoms with E-state index < -0.39 is 23.5 Å². The van der Waals surface area contributed by atoms with Crippen molar-refractivity contribution < 1.29 is 33.3 Å². The van der Waals surface area contributed by atoms with Gasteiger partial charge in [0, 0.05) is 18.3 Å². The van der Waals surface area contributed by atoms with Crippen LogP contribution in [0.4, 0.5) is 5.69 Å². The summed E-state index contributed by atoms with van der Waals surface area (Å²) in [5.74, 6) is 1.13. The molecule has 1 N–H and O–H groups in total. The van der Waals surface area contributed by atoms with E-state index in [1.165, 1.54) is 0 Å². The van der Waals surface area contributed by atoms with Gasteiger partial charge in [0.25, 0.3) is 0 Å². The fourth-order valence-electron chi connectivity index (χ4n) is 5.55. The van der Waals surface area contributed by atoms with Crippen molar-refractivity contribution in [2.24, 2.45) is 11.8 Å². The largest absolute Gasteiger partial charge is 0.493 e. The van der Waals surface area contributed by atoms with Gasteiger partial charge < -0.3 is 33.9 Å². The number of amides is 2. The molecule has 2 aromatic carbocycles. The van der Waals surface area contributed by atoms with Crippen LogP contribution in [0.3, 0.4) is 0 Å². The van der Waals surface area contributed by atoms with E-state index in [1.54, 1.807) is 31.3 Å². The first-order valence-corrected chi connectivity index (χ1v) is 11.6. The van der Waals surface area contributed by atoms with Crippen LogP contribution in [-0.4, -0.2) is 57.6 Å². The zero-order valence-electron chi connectivity index (χ0n) is 19.5. The molecule has 9 nitrogen and oxygen atoms in total. The maximum absolute atomic E-state index is 13.5. The number of benzene rings is 2. The quantitative estimate of drug-likeness (QED) is 0.609. The highest BCUT2D eigenvalue weighted by Crippen LogP contribution is 2.53.